The van der Waals surface area contributed by atoms with Crippen molar-refractivity contribution in [3.63, 3.8) is 0 Å². The lowest BCUT2D eigenvalue weighted by atomic mass is 9.97. The number of amides is 1. The molecule has 2 aromatic heterocycles. The van der Waals surface area contributed by atoms with Crippen molar-refractivity contribution in [2.45, 2.75) is 44.8 Å². The molecule has 0 radical (unpaired) electrons. The number of carbonyl (C=O) groups is 1. The molecule has 0 bridgehead atoms. The average Bonchev–Trinajstić information content (AvgIpc) is 3.63. The van der Waals surface area contributed by atoms with Crippen molar-refractivity contribution in [2.24, 2.45) is 0 Å². The molecule has 2 saturated heterocycles. The fourth-order valence-electron chi connectivity index (χ4n) is 6.56. The van der Waals surface area contributed by atoms with E-state index in [0.29, 0.717) is 34.8 Å². The molecule has 0 spiro atoms. The Labute approximate surface area is 268 Å². The Morgan fingerprint density at radius 2 is 1.74 bits per heavy atom. The molecule has 0 aliphatic carbocycles. The number of rotatable bonds is 8. The monoisotopic (exact) mass is 620 g/mol. The van der Waals surface area contributed by atoms with E-state index in [4.69, 9.17) is 10.5 Å². The van der Waals surface area contributed by atoms with E-state index < -0.39 is 5.54 Å². The van der Waals surface area contributed by atoms with Crippen LogP contribution in [0, 0.1) is 11.3 Å². The highest BCUT2D eigenvalue weighted by Gasteiger charge is 2.35. The number of para-hydroxylation sites is 1. The Balaban J connectivity index is 1.28. The topological polar surface area (TPSA) is 126 Å². The van der Waals surface area contributed by atoms with Gasteiger partial charge < -0.3 is 20.3 Å². The van der Waals surface area contributed by atoms with E-state index in [9.17, 15) is 14.9 Å². The van der Waals surface area contributed by atoms with Crippen molar-refractivity contribution in [1.29, 1.82) is 5.26 Å². The van der Waals surface area contributed by atoms with Gasteiger partial charge in [-0.1, -0.05) is 18.2 Å². The van der Waals surface area contributed by atoms with Crippen LogP contribution in [-0.4, -0.2) is 86.1 Å². The molecular weight excluding hydrogens is 580 g/mol. The van der Waals surface area contributed by atoms with E-state index in [1.54, 1.807) is 38.4 Å². The first-order valence-electron chi connectivity index (χ1n) is 15.7. The van der Waals surface area contributed by atoms with Crippen molar-refractivity contribution < 1.29 is 9.53 Å². The molecule has 0 saturated carbocycles. The van der Waals surface area contributed by atoms with Crippen LogP contribution in [0.15, 0.2) is 83.3 Å². The summed E-state index contributed by atoms with van der Waals surface area (Å²) in [4.78, 5) is 38.6. The van der Waals surface area contributed by atoms with E-state index in [1.807, 2.05) is 48.5 Å². The predicted octanol–water partition coefficient (Wildman–Crippen LogP) is 4.03. The summed E-state index contributed by atoms with van der Waals surface area (Å²) < 4.78 is 9.17. The van der Waals surface area contributed by atoms with Gasteiger partial charge in [0.05, 0.1) is 17.2 Å². The van der Waals surface area contributed by atoms with Crippen LogP contribution in [0.5, 0.6) is 11.5 Å². The van der Waals surface area contributed by atoms with Gasteiger partial charge in [-0.2, -0.15) is 5.26 Å². The van der Waals surface area contributed by atoms with Crippen LogP contribution in [0.2, 0.25) is 0 Å². The zero-order valence-corrected chi connectivity index (χ0v) is 26.6. The van der Waals surface area contributed by atoms with E-state index in [1.165, 1.54) is 0 Å². The van der Waals surface area contributed by atoms with Crippen LogP contribution in [0.4, 0.5) is 5.82 Å². The number of nitrogens with two attached hydrogens (primary N) is 1. The average molecular weight is 621 g/mol. The number of likely N-dealkylation sites (N-methyl/N-ethyl adjacent to an activating group) is 1. The highest BCUT2D eigenvalue weighted by Crippen LogP contribution is 2.28. The number of anilines is 1. The SMILES string of the molecule is CN1CCN(C(C)(C)/C=C(/C#N)C(=O)N2CCC[C@H]2Cn2c(=O)n(-c3ccc(Oc4ccccc4)cc3)c3c(N)nccc32)CC1. The maximum absolute atomic E-state index is 14.1. The second-order valence-corrected chi connectivity index (χ2v) is 12.6. The largest absolute Gasteiger partial charge is 0.457 e. The Morgan fingerprint density at radius 3 is 2.43 bits per heavy atom. The second kappa shape index (κ2) is 12.8. The highest BCUT2D eigenvalue weighted by atomic mass is 16.5. The number of hydrogen-bond acceptors (Lipinski definition) is 8. The minimum absolute atomic E-state index is 0.136. The van der Waals surface area contributed by atoms with Gasteiger partial charge in [-0.15, -0.1) is 0 Å². The predicted molar refractivity (Wildman–Crippen MR) is 178 cm³/mol. The summed E-state index contributed by atoms with van der Waals surface area (Å²) in [7, 11) is 2.10. The number of fused-ring (bicyclic) bond motifs is 1. The molecule has 238 valence electrons. The van der Waals surface area contributed by atoms with E-state index >= 15 is 0 Å². The first kappa shape index (κ1) is 31.1. The van der Waals surface area contributed by atoms with Crippen LogP contribution in [0.3, 0.4) is 0 Å². The van der Waals surface area contributed by atoms with Gasteiger partial charge in [0.2, 0.25) is 0 Å². The molecular formula is C35H40N8O3. The molecule has 4 heterocycles. The summed E-state index contributed by atoms with van der Waals surface area (Å²) in [5.74, 6) is 1.29. The molecule has 2 aromatic carbocycles. The quantitative estimate of drug-likeness (QED) is 0.231. The number of nitrogen functional groups attached to an aromatic ring is 1. The maximum atomic E-state index is 14.1. The fraction of sp³-hybridized carbons (Fsp3) is 0.371. The van der Waals surface area contributed by atoms with Gasteiger partial charge >= 0.3 is 5.69 Å². The minimum atomic E-state index is -0.451. The number of benzene rings is 2. The molecule has 4 aromatic rings. The Kier molecular flexibility index (Phi) is 8.67. The molecule has 2 aliphatic heterocycles. The summed E-state index contributed by atoms with van der Waals surface area (Å²) >= 11 is 0. The van der Waals surface area contributed by atoms with Gasteiger partial charge in [0, 0.05) is 51.0 Å². The molecule has 1 atom stereocenters. The van der Waals surface area contributed by atoms with Crippen molar-refractivity contribution in [3.8, 4) is 23.3 Å². The number of likely N-dealkylation sites (tertiary alicyclic amines) is 1. The van der Waals surface area contributed by atoms with Crippen LogP contribution in [0.25, 0.3) is 16.7 Å². The number of piperazine rings is 1. The molecule has 0 unspecified atom stereocenters. The first-order chi connectivity index (χ1) is 22.2. The second-order valence-electron chi connectivity index (χ2n) is 12.6. The molecule has 2 N–H and O–H groups in total. The molecule has 2 fully saturated rings. The minimum Gasteiger partial charge on any atom is -0.457 e. The Bertz CT molecular complexity index is 1840. The maximum Gasteiger partial charge on any atom is 0.333 e. The number of carbonyl (C=O) groups excluding carboxylic acids is 1. The normalized spacial score (nSPS) is 18.2. The molecule has 11 nitrogen and oxygen atoms in total. The van der Waals surface area contributed by atoms with Gasteiger partial charge in [0.1, 0.15) is 34.5 Å². The number of aromatic nitrogens is 3. The molecule has 46 heavy (non-hydrogen) atoms. The van der Waals surface area contributed by atoms with Crippen molar-refractivity contribution in [2.75, 3.05) is 45.5 Å². The van der Waals surface area contributed by atoms with Gasteiger partial charge in [-0.25, -0.2) is 9.78 Å². The first-order valence-corrected chi connectivity index (χ1v) is 15.7. The number of imidazole rings is 1. The number of pyridine rings is 1. The third-order valence-electron chi connectivity index (χ3n) is 9.14. The van der Waals surface area contributed by atoms with Crippen LogP contribution < -0.4 is 16.2 Å². The lowest BCUT2D eigenvalue weighted by Crippen LogP contribution is -2.53. The Morgan fingerprint density at radius 1 is 1.04 bits per heavy atom. The third kappa shape index (κ3) is 6.14. The summed E-state index contributed by atoms with van der Waals surface area (Å²) in [5, 5.41) is 10.1. The van der Waals surface area contributed by atoms with Gasteiger partial charge in [0.25, 0.3) is 5.91 Å². The number of nitrogens with zero attached hydrogens (tertiary/aromatic N) is 7. The fourth-order valence-corrected chi connectivity index (χ4v) is 6.56. The summed E-state index contributed by atoms with van der Waals surface area (Å²) in [6.45, 7) is 8.52. The molecule has 6 rings (SSSR count). The lowest BCUT2D eigenvalue weighted by Gasteiger charge is -2.42. The smallest absolute Gasteiger partial charge is 0.333 e. The lowest BCUT2D eigenvalue weighted by molar-refractivity contribution is -0.127. The zero-order chi connectivity index (χ0) is 32.4. The van der Waals surface area contributed by atoms with E-state index in [0.717, 1.165) is 39.0 Å². The molecule has 11 heteroatoms. The summed E-state index contributed by atoms with van der Waals surface area (Å²) in [6, 6.07) is 20.4. The van der Waals surface area contributed by atoms with Crippen molar-refractivity contribution in [1.82, 2.24) is 28.8 Å². The Hall–Kier alpha value is -4.92. The van der Waals surface area contributed by atoms with Crippen LogP contribution in [-0.2, 0) is 11.3 Å². The van der Waals surface area contributed by atoms with E-state index in [2.05, 4.69) is 41.7 Å². The summed E-state index contributed by atoms with van der Waals surface area (Å²) in [5.41, 5.74) is 7.52. The van der Waals surface area contributed by atoms with Crippen molar-refractivity contribution in [3.05, 3.63) is 89.0 Å². The standard InChI is InChI=1S/C35H40N8O3/c1-35(2,40-20-18-39(3)19-21-40)22-25(23-36)33(44)41-17-7-8-27(41)24-42-30-15-16-38-32(37)31(30)43(34(42)45)26-11-13-29(14-12-26)46-28-9-5-4-6-10-28/h4-6,9-16,22,27H,7-8,17-21,24H2,1-3H3,(H2,37,38)/b25-22-/t27-/m0/s1. The number of ether oxygens (including phenoxy) is 1. The van der Waals surface area contributed by atoms with Crippen molar-refractivity contribution >= 4 is 22.8 Å². The summed E-state index contributed by atoms with van der Waals surface area (Å²) in [6.07, 6.45) is 4.91. The van der Waals surface area contributed by atoms with Crippen LogP contribution in [0.1, 0.15) is 26.7 Å². The van der Waals surface area contributed by atoms with Crippen LogP contribution >= 0.6 is 0 Å². The molecule has 2 aliphatic rings. The zero-order valence-electron chi connectivity index (χ0n) is 26.6. The number of nitriles is 1. The van der Waals surface area contributed by atoms with Gasteiger partial charge in [-0.3, -0.25) is 18.8 Å². The molecule has 1 amide bonds. The highest BCUT2D eigenvalue weighted by molar-refractivity contribution is 5.98. The van der Waals surface area contributed by atoms with Gasteiger partial charge in [-0.05, 0) is 82.3 Å². The van der Waals surface area contributed by atoms with E-state index in [-0.39, 0.29) is 35.6 Å². The third-order valence-corrected chi connectivity index (χ3v) is 9.14. The van der Waals surface area contributed by atoms with Gasteiger partial charge in [0.15, 0.2) is 0 Å². The number of hydrogen-bond donors (Lipinski definition) is 1.